The Bertz CT molecular complexity index is 174. The predicted octanol–water partition coefficient (Wildman–Crippen LogP) is 0.420. The molecule has 0 aromatic carbocycles. The fourth-order valence-electron chi connectivity index (χ4n) is 2.88. The number of nitrogens with one attached hydrogen (secondary N) is 1. The van der Waals surface area contributed by atoms with Gasteiger partial charge in [0.05, 0.1) is 0 Å². The number of nitrogens with zero attached hydrogens (tertiary/aromatic N) is 1. The molecule has 0 aromatic heterocycles. The van der Waals surface area contributed by atoms with Gasteiger partial charge >= 0.3 is 0 Å². The van der Waals surface area contributed by atoms with Crippen molar-refractivity contribution in [1.29, 1.82) is 0 Å². The molecule has 2 aliphatic rings. The quantitative estimate of drug-likeness (QED) is 0.708. The zero-order chi connectivity index (χ0) is 9.97. The van der Waals surface area contributed by atoms with E-state index in [4.69, 9.17) is 4.74 Å². The normalized spacial score (nSPS) is 34.7. The summed E-state index contributed by atoms with van der Waals surface area (Å²) >= 11 is 0. The molecule has 0 radical (unpaired) electrons. The maximum atomic E-state index is 5.17. The van der Waals surface area contributed by atoms with Gasteiger partial charge in [-0.25, -0.2) is 0 Å². The number of likely N-dealkylation sites (tertiary alicyclic amines) is 1. The lowest BCUT2D eigenvalue weighted by atomic mass is 10.0. The van der Waals surface area contributed by atoms with E-state index in [0.717, 1.165) is 18.4 Å². The van der Waals surface area contributed by atoms with E-state index < -0.39 is 0 Å². The highest BCUT2D eigenvalue weighted by molar-refractivity contribution is 4.91. The van der Waals surface area contributed by atoms with E-state index in [-0.39, 0.29) is 0 Å². The van der Waals surface area contributed by atoms with Crippen molar-refractivity contribution in [3.8, 4) is 0 Å². The molecule has 3 heteroatoms. The van der Waals surface area contributed by atoms with Crippen LogP contribution in [-0.4, -0.2) is 51.3 Å². The van der Waals surface area contributed by atoms with Gasteiger partial charge in [0, 0.05) is 33.4 Å². The highest BCUT2D eigenvalue weighted by Crippen LogP contribution is 2.26. The lowest BCUT2D eigenvalue weighted by Crippen LogP contribution is -2.31. The van der Waals surface area contributed by atoms with Gasteiger partial charge in [-0.15, -0.1) is 0 Å². The maximum absolute atomic E-state index is 5.17. The van der Waals surface area contributed by atoms with Crippen LogP contribution in [0.1, 0.15) is 6.92 Å². The van der Waals surface area contributed by atoms with Gasteiger partial charge in [0.2, 0.25) is 0 Å². The van der Waals surface area contributed by atoms with Gasteiger partial charge < -0.3 is 15.0 Å². The summed E-state index contributed by atoms with van der Waals surface area (Å²) in [6.45, 7) is 9.44. The van der Waals surface area contributed by atoms with Crippen LogP contribution >= 0.6 is 0 Å². The van der Waals surface area contributed by atoms with Crippen molar-refractivity contribution < 1.29 is 4.74 Å². The predicted molar refractivity (Wildman–Crippen MR) is 57.3 cm³/mol. The van der Waals surface area contributed by atoms with E-state index in [2.05, 4.69) is 17.1 Å². The molecule has 0 aliphatic carbocycles. The summed E-state index contributed by atoms with van der Waals surface area (Å²) in [6, 6.07) is 0. The Labute approximate surface area is 86.8 Å². The third kappa shape index (κ3) is 2.27. The van der Waals surface area contributed by atoms with E-state index in [0.29, 0.717) is 5.92 Å². The van der Waals surface area contributed by atoms with Gasteiger partial charge in [-0.3, -0.25) is 0 Å². The van der Waals surface area contributed by atoms with Gasteiger partial charge in [-0.2, -0.15) is 0 Å². The second kappa shape index (κ2) is 4.60. The molecule has 2 aliphatic heterocycles. The van der Waals surface area contributed by atoms with Crippen LogP contribution in [0.5, 0.6) is 0 Å². The Morgan fingerprint density at radius 1 is 1.36 bits per heavy atom. The molecular weight excluding hydrogens is 176 g/mol. The van der Waals surface area contributed by atoms with Crippen molar-refractivity contribution in [3.05, 3.63) is 0 Å². The molecule has 14 heavy (non-hydrogen) atoms. The molecule has 0 saturated carbocycles. The Balaban J connectivity index is 1.73. The van der Waals surface area contributed by atoms with E-state index in [1.54, 1.807) is 7.11 Å². The van der Waals surface area contributed by atoms with Crippen LogP contribution in [0.3, 0.4) is 0 Å². The van der Waals surface area contributed by atoms with E-state index in [9.17, 15) is 0 Å². The molecule has 0 amide bonds. The molecule has 0 aromatic rings. The maximum Gasteiger partial charge on any atom is 0.0500 e. The zero-order valence-corrected chi connectivity index (χ0v) is 9.33. The molecule has 0 spiro atoms. The minimum Gasteiger partial charge on any atom is -0.384 e. The van der Waals surface area contributed by atoms with E-state index in [1.807, 2.05) is 0 Å². The molecule has 0 bridgehead atoms. The fourth-order valence-corrected chi connectivity index (χ4v) is 2.88. The first kappa shape index (κ1) is 10.4. The Morgan fingerprint density at radius 2 is 2.00 bits per heavy atom. The Kier molecular flexibility index (Phi) is 3.42. The lowest BCUT2D eigenvalue weighted by Gasteiger charge is -2.21. The van der Waals surface area contributed by atoms with Crippen LogP contribution in [0.25, 0.3) is 0 Å². The van der Waals surface area contributed by atoms with Gasteiger partial charge in [0.15, 0.2) is 0 Å². The first-order valence-electron chi connectivity index (χ1n) is 5.71. The minimum absolute atomic E-state index is 0.673. The third-order valence-electron chi connectivity index (χ3n) is 3.49. The second-order valence-corrected chi connectivity index (χ2v) is 4.96. The second-order valence-electron chi connectivity index (χ2n) is 4.96. The summed E-state index contributed by atoms with van der Waals surface area (Å²) in [5, 5.41) is 3.47. The van der Waals surface area contributed by atoms with Crippen molar-refractivity contribution in [2.24, 2.45) is 17.8 Å². The summed E-state index contributed by atoms with van der Waals surface area (Å²) in [5.41, 5.74) is 0. The monoisotopic (exact) mass is 198 g/mol. The topological polar surface area (TPSA) is 24.5 Å². The van der Waals surface area contributed by atoms with Gasteiger partial charge in [-0.05, 0) is 30.8 Å². The molecular formula is C11H22N2O. The van der Waals surface area contributed by atoms with Crippen LogP contribution in [0.4, 0.5) is 0 Å². The van der Waals surface area contributed by atoms with Crippen molar-refractivity contribution in [1.82, 2.24) is 10.2 Å². The van der Waals surface area contributed by atoms with Crippen molar-refractivity contribution >= 4 is 0 Å². The third-order valence-corrected chi connectivity index (χ3v) is 3.49. The Morgan fingerprint density at radius 3 is 2.57 bits per heavy atom. The number of methoxy groups -OCH3 is 1. The van der Waals surface area contributed by atoms with Gasteiger partial charge in [0.25, 0.3) is 0 Å². The van der Waals surface area contributed by atoms with E-state index in [1.165, 1.54) is 32.7 Å². The molecule has 2 rings (SSSR count). The molecule has 3 atom stereocenters. The largest absolute Gasteiger partial charge is 0.384 e. The first-order chi connectivity index (χ1) is 6.79. The molecule has 2 fully saturated rings. The molecule has 82 valence electrons. The zero-order valence-electron chi connectivity index (χ0n) is 9.33. The summed E-state index contributed by atoms with van der Waals surface area (Å²) in [6.07, 6.45) is 0. The van der Waals surface area contributed by atoms with Crippen molar-refractivity contribution in [2.75, 3.05) is 46.4 Å². The number of ether oxygens (including phenoxy) is 1. The molecule has 2 heterocycles. The van der Waals surface area contributed by atoms with E-state index >= 15 is 0 Å². The van der Waals surface area contributed by atoms with Crippen LogP contribution in [0, 0.1) is 17.8 Å². The van der Waals surface area contributed by atoms with Crippen molar-refractivity contribution in [3.63, 3.8) is 0 Å². The van der Waals surface area contributed by atoms with Crippen LogP contribution in [0.15, 0.2) is 0 Å². The average molecular weight is 198 g/mol. The minimum atomic E-state index is 0.673. The van der Waals surface area contributed by atoms with Crippen LogP contribution in [0.2, 0.25) is 0 Å². The molecule has 3 nitrogen and oxygen atoms in total. The summed E-state index contributed by atoms with van der Waals surface area (Å²) in [5.74, 6) is 2.52. The summed E-state index contributed by atoms with van der Waals surface area (Å²) < 4.78 is 5.17. The fraction of sp³-hybridized carbons (Fsp3) is 1.00. The molecule has 1 unspecified atom stereocenters. The first-order valence-corrected chi connectivity index (χ1v) is 5.71. The number of fused-ring (bicyclic) bond motifs is 1. The molecule has 2 saturated heterocycles. The number of hydrogen-bond acceptors (Lipinski definition) is 3. The smallest absolute Gasteiger partial charge is 0.0500 e. The molecule has 1 N–H and O–H groups in total. The SMILES string of the molecule is COCC(C)CN1C[C@H]2CNC[C@H]2C1. The average Bonchev–Trinajstić information content (AvgIpc) is 2.63. The standard InChI is InChI=1S/C11H22N2O/c1-9(8-14-2)5-13-6-10-3-12-4-11(10)7-13/h9-12H,3-8H2,1-2H3/t9?,10-,11+. The number of rotatable bonds is 4. The van der Waals surface area contributed by atoms with Crippen molar-refractivity contribution in [2.45, 2.75) is 6.92 Å². The summed E-state index contributed by atoms with van der Waals surface area (Å²) in [4.78, 5) is 2.61. The van der Waals surface area contributed by atoms with Gasteiger partial charge in [0.1, 0.15) is 0 Å². The Hall–Kier alpha value is -0.120. The lowest BCUT2D eigenvalue weighted by molar-refractivity contribution is 0.135. The summed E-state index contributed by atoms with van der Waals surface area (Å²) in [7, 11) is 1.79. The highest BCUT2D eigenvalue weighted by Gasteiger charge is 2.35. The highest BCUT2D eigenvalue weighted by atomic mass is 16.5. The number of hydrogen-bond donors (Lipinski definition) is 1. The van der Waals surface area contributed by atoms with Gasteiger partial charge in [-0.1, -0.05) is 6.92 Å². The van der Waals surface area contributed by atoms with Crippen LogP contribution in [-0.2, 0) is 4.74 Å². The van der Waals surface area contributed by atoms with Crippen LogP contribution < -0.4 is 5.32 Å².